The molecule has 0 aliphatic carbocycles. The van der Waals surface area contributed by atoms with E-state index < -0.39 is 6.03 Å². The van der Waals surface area contributed by atoms with Gasteiger partial charge < -0.3 is 5.32 Å². The molecule has 3 aromatic carbocycles. The van der Waals surface area contributed by atoms with Crippen LogP contribution in [0.3, 0.4) is 0 Å². The van der Waals surface area contributed by atoms with Gasteiger partial charge in [-0.25, -0.2) is 10.2 Å². The minimum absolute atomic E-state index is 0.409. The van der Waals surface area contributed by atoms with E-state index in [9.17, 15) is 4.79 Å². The van der Waals surface area contributed by atoms with Crippen molar-refractivity contribution in [1.82, 2.24) is 5.43 Å². The van der Waals surface area contributed by atoms with Gasteiger partial charge in [-0.3, -0.25) is 0 Å². The van der Waals surface area contributed by atoms with Crippen LogP contribution in [-0.2, 0) is 6.42 Å². The van der Waals surface area contributed by atoms with Crippen molar-refractivity contribution in [2.75, 3.05) is 5.32 Å². The van der Waals surface area contributed by atoms with Crippen molar-refractivity contribution in [3.8, 4) is 0 Å². The summed E-state index contributed by atoms with van der Waals surface area (Å²) in [4.78, 5) is 12.1. The van der Waals surface area contributed by atoms with Gasteiger partial charge in [0.1, 0.15) is 0 Å². The highest BCUT2D eigenvalue weighted by atomic mass is 35.5. The smallest absolute Gasteiger partial charge is 0.307 e. The maximum Gasteiger partial charge on any atom is 0.339 e. The van der Waals surface area contributed by atoms with Gasteiger partial charge in [0.05, 0.1) is 5.71 Å². The minimum atomic E-state index is -0.409. The summed E-state index contributed by atoms with van der Waals surface area (Å²) >= 11 is 5.85. The maximum absolute atomic E-state index is 12.1. The lowest BCUT2D eigenvalue weighted by molar-refractivity contribution is 0.252. The van der Waals surface area contributed by atoms with Crippen LogP contribution in [0.15, 0.2) is 90.0 Å². The van der Waals surface area contributed by atoms with Crippen LogP contribution < -0.4 is 10.7 Å². The SMILES string of the molecule is O=C(NN=C(Cc1ccccc1)c1ccccc1)Nc1ccc(Cl)cc1. The summed E-state index contributed by atoms with van der Waals surface area (Å²) in [5, 5.41) is 7.67. The molecule has 0 saturated heterocycles. The largest absolute Gasteiger partial charge is 0.339 e. The summed E-state index contributed by atoms with van der Waals surface area (Å²) in [6.45, 7) is 0. The Bertz CT molecular complexity index is 878. The monoisotopic (exact) mass is 363 g/mol. The molecule has 0 aliphatic rings. The van der Waals surface area contributed by atoms with E-state index in [4.69, 9.17) is 11.6 Å². The molecule has 0 saturated carbocycles. The summed E-state index contributed by atoms with van der Waals surface area (Å²) < 4.78 is 0. The Balaban J connectivity index is 1.73. The molecule has 0 unspecified atom stereocenters. The molecule has 0 bridgehead atoms. The molecule has 4 nitrogen and oxygen atoms in total. The Labute approximate surface area is 157 Å². The maximum atomic E-state index is 12.1. The Morgan fingerprint density at radius 1 is 0.846 bits per heavy atom. The molecule has 2 N–H and O–H groups in total. The van der Waals surface area contributed by atoms with E-state index >= 15 is 0 Å². The molecule has 0 aromatic heterocycles. The van der Waals surface area contributed by atoms with Crippen molar-refractivity contribution in [2.24, 2.45) is 5.10 Å². The van der Waals surface area contributed by atoms with E-state index in [0.29, 0.717) is 17.1 Å². The zero-order valence-corrected chi connectivity index (χ0v) is 14.8. The van der Waals surface area contributed by atoms with Crippen LogP contribution in [-0.4, -0.2) is 11.7 Å². The van der Waals surface area contributed by atoms with Gasteiger partial charge in [-0.15, -0.1) is 0 Å². The molecule has 3 aromatic rings. The lowest BCUT2D eigenvalue weighted by Gasteiger charge is -2.09. The van der Waals surface area contributed by atoms with Gasteiger partial charge in [0.2, 0.25) is 0 Å². The number of nitrogens with one attached hydrogen (secondary N) is 2. The first-order valence-electron chi connectivity index (χ1n) is 8.19. The molecule has 2 amide bonds. The van der Waals surface area contributed by atoms with E-state index in [1.54, 1.807) is 24.3 Å². The molecule has 0 aliphatic heterocycles. The van der Waals surface area contributed by atoms with Crippen molar-refractivity contribution in [3.63, 3.8) is 0 Å². The number of carbonyl (C=O) groups is 1. The normalized spacial score (nSPS) is 11.0. The summed E-state index contributed by atoms with van der Waals surface area (Å²) in [5.74, 6) is 0. The highest BCUT2D eigenvalue weighted by Crippen LogP contribution is 2.13. The predicted octanol–water partition coefficient (Wildman–Crippen LogP) is 5.11. The number of carbonyl (C=O) groups excluding carboxylic acids is 1. The third-order valence-electron chi connectivity index (χ3n) is 3.72. The average molecular weight is 364 g/mol. The van der Waals surface area contributed by atoms with Crippen LogP contribution in [0.2, 0.25) is 5.02 Å². The van der Waals surface area contributed by atoms with Crippen molar-refractivity contribution in [2.45, 2.75) is 6.42 Å². The molecule has 0 fully saturated rings. The summed E-state index contributed by atoms with van der Waals surface area (Å²) in [6.07, 6.45) is 0.617. The molecular weight excluding hydrogens is 346 g/mol. The quantitative estimate of drug-likeness (QED) is 0.480. The Hall–Kier alpha value is -3.11. The number of urea groups is 1. The standard InChI is InChI=1S/C21H18ClN3O/c22-18-11-13-19(14-12-18)23-21(26)25-24-20(17-9-5-2-6-10-17)15-16-7-3-1-4-8-16/h1-14H,15H2,(H2,23,25,26). The zero-order chi connectivity index (χ0) is 18.2. The second kappa shape index (κ2) is 8.83. The zero-order valence-electron chi connectivity index (χ0n) is 14.0. The number of benzene rings is 3. The molecule has 0 heterocycles. The first kappa shape index (κ1) is 17.7. The minimum Gasteiger partial charge on any atom is -0.307 e. The molecule has 5 heteroatoms. The predicted molar refractivity (Wildman–Crippen MR) is 107 cm³/mol. The van der Waals surface area contributed by atoms with Crippen LogP contribution in [0.4, 0.5) is 10.5 Å². The van der Waals surface area contributed by atoms with E-state index in [-0.39, 0.29) is 0 Å². The van der Waals surface area contributed by atoms with Crippen LogP contribution in [0.25, 0.3) is 0 Å². The van der Waals surface area contributed by atoms with Crippen LogP contribution in [0.5, 0.6) is 0 Å². The molecule has 130 valence electrons. The number of halogens is 1. The van der Waals surface area contributed by atoms with Crippen molar-refractivity contribution in [3.05, 3.63) is 101 Å². The second-order valence-electron chi connectivity index (χ2n) is 5.66. The number of hydrogen-bond acceptors (Lipinski definition) is 2. The fourth-order valence-electron chi connectivity index (χ4n) is 2.44. The van der Waals surface area contributed by atoms with E-state index in [0.717, 1.165) is 16.8 Å². The fraction of sp³-hybridized carbons (Fsp3) is 0.0476. The Morgan fingerprint density at radius 2 is 1.46 bits per heavy atom. The number of hydrazone groups is 1. The third-order valence-corrected chi connectivity index (χ3v) is 3.97. The molecule has 26 heavy (non-hydrogen) atoms. The number of anilines is 1. The number of hydrogen-bond donors (Lipinski definition) is 2. The summed E-state index contributed by atoms with van der Waals surface area (Å²) in [7, 11) is 0. The van der Waals surface area contributed by atoms with Gasteiger partial charge in [0.25, 0.3) is 0 Å². The Kier molecular flexibility index (Phi) is 6.01. The van der Waals surface area contributed by atoms with E-state index in [2.05, 4.69) is 15.8 Å². The lowest BCUT2D eigenvalue weighted by Crippen LogP contribution is -2.26. The van der Waals surface area contributed by atoms with Crippen molar-refractivity contribution in [1.29, 1.82) is 0 Å². The van der Waals surface area contributed by atoms with E-state index in [1.165, 1.54) is 0 Å². The van der Waals surface area contributed by atoms with Gasteiger partial charge in [0.15, 0.2) is 0 Å². The topological polar surface area (TPSA) is 53.5 Å². The molecule has 0 spiro atoms. The fourth-order valence-corrected chi connectivity index (χ4v) is 2.56. The first-order chi connectivity index (χ1) is 12.7. The highest BCUT2D eigenvalue weighted by molar-refractivity contribution is 6.30. The van der Waals surface area contributed by atoms with Crippen LogP contribution in [0.1, 0.15) is 11.1 Å². The van der Waals surface area contributed by atoms with Crippen molar-refractivity contribution < 1.29 is 4.79 Å². The van der Waals surface area contributed by atoms with Crippen LogP contribution in [0, 0.1) is 0 Å². The number of rotatable bonds is 5. The molecule has 3 rings (SSSR count). The second-order valence-corrected chi connectivity index (χ2v) is 6.10. The van der Waals surface area contributed by atoms with Gasteiger partial charge in [-0.05, 0) is 35.4 Å². The third kappa shape index (κ3) is 5.19. The van der Waals surface area contributed by atoms with Gasteiger partial charge in [-0.1, -0.05) is 72.3 Å². The number of nitrogens with zero attached hydrogens (tertiary/aromatic N) is 1. The number of amides is 2. The average Bonchev–Trinajstić information content (AvgIpc) is 2.68. The van der Waals surface area contributed by atoms with Crippen molar-refractivity contribution >= 4 is 29.0 Å². The first-order valence-corrected chi connectivity index (χ1v) is 8.57. The van der Waals surface area contributed by atoms with Gasteiger partial charge >= 0.3 is 6.03 Å². The van der Waals surface area contributed by atoms with Gasteiger partial charge in [-0.2, -0.15) is 5.10 Å². The summed E-state index contributed by atoms with van der Waals surface area (Å²) in [5.41, 5.74) is 6.08. The van der Waals surface area contributed by atoms with Crippen LogP contribution >= 0.6 is 11.6 Å². The molecular formula is C21H18ClN3O. The van der Waals surface area contributed by atoms with E-state index in [1.807, 2.05) is 60.7 Å². The van der Waals surface area contributed by atoms with Gasteiger partial charge in [0, 0.05) is 17.1 Å². The molecule has 0 atom stereocenters. The highest BCUT2D eigenvalue weighted by Gasteiger charge is 2.07. The molecule has 0 radical (unpaired) electrons. The Morgan fingerprint density at radius 3 is 2.12 bits per heavy atom. The summed E-state index contributed by atoms with van der Waals surface area (Å²) in [6, 6.07) is 26.3. The lowest BCUT2D eigenvalue weighted by atomic mass is 10.0.